The lowest BCUT2D eigenvalue weighted by molar-refractivity contribution is 0.174. The summed E-state index contributed by atoms with van der Waals surface area (Å²) in [5, 5.41) is 4.13. The van der Waals surface area contributed by atoms with Gasteiger partial charge >= 0.3 is 0 Å². The molecule has 2 aliphatic heterocycles. The Morgan fingerprint density at radius 3 is 2.73 bits per heavy atom. The van der Waals surface area contributed by atoms with Crippen LogP contribution >= 0.6 is 12.2 Å². The Labute approximate surface area is 196 Å². The van der Waals surface area contributed by atoms with Crippen molar-refractivity contribution < 1.29 is 9.47 Å². The van der Waals surface area contributed by atoms with E-state index in [1.54, 1.807) is 6.20 Å². The minimum Gasteiger partial charge on any atom is -0.454 e. The third-order valence-electron chi connectivity index (χ3n) is 5.96. The highest BCUT2D eigenvalue weighted by atomic mass is 32.1. The van der Waals surface area contributed by atoms with Gasteiger partial charge in [-0.05, 0) is 67.2 Å². The molecular weight excluding hydrogens is 434 g/mol. The van der Waals surface area contributed by atoms with Gasteiger partial charge in [0.25, 0.3) is 0 Å². The number of thiocarbonyl (C=S) groups is 1. The second kappa shape index (κ2) is 7.90. The number of hydrogen-bond acceptors (Lipinski definition) is 5. The van der Waals surface area contributed by atoms with Crippen molar-refractivity contribution in [1.29, 1.82) is 0 Å². The summed E-state index contributed by atoms with van der Waals surface area (Å²) in [6.07, 6.45) is 5.71. The maximum absolute atomic E-state index is 5.85. The number of aryl methyl sites for hydroxylation is 1. The topological polar surface area (TPSA) is 64.4 Å². The molecule has 0 spiro atoms. The molecule has 8 heteroatoms. The second-order valence-electron chi connectivity index (χ2n) is 8.03. The van der Waals surface area contributed by atoms with Crippen LogP contribution in [0.2, 0.25) is 0 Å². The molecule has 1 N–H and O–H groups in total. The number of rotatable bonds is 4. The molecule has 4 aromatic rings. The van der Waals surface area contributed by atoms with E-state index in [9.17, 15) is 0 Å². The third kappa shape index (κ3) is 3.39. The number of nitrogens with zero attached hydrogens (tertiary/aromatic N) is 4. The van der Waals surface area contributed by atoms with E-state index in [4.69, 9.17) is 21.7 Å². The second-order valence-corrected chi connectivity index (χ2v) is 8.42. The van der Waals surface area contributed by atoms with Gasteiger partial charge in [-0.25, -0.2) is 4.98 Å². The molecule has 0 amide bonds. The largest absolute Gasteiger partial charge is 0.454 e. The summed E-state index contributed by atoms with van der Waals surface area (Å²) in [6.45, 7) is 2.26. The van der Waals surface area contributed by atoms with Crippen LogP contribution in [0.25, 0.3) is 5.82 Å². The van der Waals surface area contributed by atoms with E-state index in [-0.39, 0.29) is 18.9 Å². The SMILES string of the molecule is Cc1ccc(-n2cccc2[C@@H]2[C@@H](c3ccccn3)NC(=S)N2c2ccc3c(c2)OCO3)nc1. The zero-order valence-corrected chi connectivity index (χ0v) is 18.7. The first-order chi connectivity index (χ1) is 16.2. The van der Waals surface area contributed by atoms with Crippen LogP contribution in [0.3, 0.4) is 0 Å². The fraction of sp³-hybridized carbons (Fsp3) is 0.160. The van der Waals surface area contributed by atoms with Gasteiger partial charge in [0.05, 0.1) is 11.7 Å². The zero-order chi connectivity index (χ0) is 22.4. The van der Waals surface area contributed by atoms with Crippen LogP contribution in [-0.4, -0.2) is 26.4 Å². The van der Waals surface area contributed by atoms with Gasteiger partial charge in [-0.2, -0.15) is 0 Å². The average Bonchev–Trinajstić information content (AvgIpc) is 3.57. The molecule has 33 heavy (non-hydrogen) atoms. The number of anilines is 1. The molecular formula is C25H21N5O2S. The van der Waals surface area contributed by atoms with E-state index in [1.807, 2.05) is 67.8 Å². The van der Waals surface area contributed by atoms with Crippen molar-refractivity contribution >= 4 is 23.0 Å². The van der Waals surface area contributed by atoms with E-state index in [0.717, 1.165) is 34.2 Å². The molecule has 5 heterocycles. The predicted molar refractivity (Wildman–Crippen MR) is 129 cm³/mol. The number of fused-ring (bicyclic) bond motifs is 1. The Balaban J connectivity index is 1.50. The van der Waals surface area contributed by atoms with E-state index >= 15 is 0 Å². The Morgan fingerprint density at radius 2 is 1.91 bits per heavy atom. The fourth-order valence-corrected chi connectivity index (χ4v) is 4.76. The lowest BCUT2D eigenvalue weighted by atomic mass is 10.0. The van der Waals surface area contributed by atoms with Gasteiger partial charge in [0.15, 0.2) is 16.6 Å². The Morgan fingerprint density at radius 1 is 1.00 bits per heavy atom. The number of benzene rings is 1. The van der Waals surface area contributed by atoms with Crippen molar-refractivity contribution in [3.8, 4) is 17.3 Å². The van der Waals surface area contributed by atoms with Crippen molar-refractivity contribution in [2.75, 3.05) is 11.7 Å². The lowest BCUT2D eigenvalue weighted by Crippen LogP contribution is -2.30. The third-order valence-corrected chi connectivity index (χ3v) is 6.27. The smallest absolute Gasteiger partial charge is 0.231 e. The quantitative estimate of drug-likeness (QED) is 0.455. The molecule has 2 atom stereocenters. The van der Waals surface area contributed by atoms with Crippen molar-refractivity contribution in [1.82, 2.24) is 19.9 Å². The molecule has 1 saturated heterocycles. The normalized spacial score (nSPS) is 19.1. The average molecular weight is 456 g/mol. The maximum atomic E-state index is 5.85. The summed E-state index contributed by atoms with van der Waals surface area (Å²) in [4.78, 5) is 11.4. The van der Waals surface area contributed by atoms with Crippen molar-refractivity contribution in [3.05, 3.63) is 96.2 Å². The first-order valence-electron chi connectivity index (χ1n) is 10.7. The summed E-state index contributed by atoms with van der Waals surface area (Å²) in [5.74, 6) is 2.30. The maximum Gasteiger partial charge on any atom is 0.231 e. The molecule has 1 fully saturated rings. The molecule has 0 bridgehead atoms. The standard InChI is InChI=1S/C25H21N5O2S/c1-16-7-10-22(27-14-16)29-12-4-6-19(29)24-23(18-5-2-3-11-26-18)28-25(33)30(24)17-8-9-20-21(13-17)32-15-31-20/h2-14,23-24H,15H2,1H3,(H,28,33)/t23-,24-/m1/s1. The minimum absolute atomic E-state index is 0.150. The van der Waals surface area contributed by atoms with Crippen molar-refractivity contribution in [2.24, 2.45) is 0 Å². The summed E-state index contributed by atoms with van der Waals surface area (Å²) < 4.78 is 13.2. The highest BCUT2D eigenvalue weighted by Crippen LogP contribution is 2.44. The molecule has 3 aromatic heterocycles. The number of ether oxygens (including phenoxy) is 2. The first-order valence-corrected chi connectivity index (χ1v) is 11.1. The molecule has 6 rings (SSSR count). The summed E-state index contributed by atoms with van der Waals surface area (Å²) in [7, 11) is 0. The van der Waals surface area contributed by atoms with Crippen LogP contribution in [0.4, 0.5) is 5.69 Å². The van der Waals surface area contributed by atoms with Gasteiger partial charge in [-0.15, -0.1) is 0 Å². The minimum atomic E-state index is -0.161. The molecule has 0 unspecified atom stereocenters. The molecule has 0 aliphatic carbocycles. The Bertz CT molecular complexity index is 1320. The van der Waals surface area contributed by atoms with Crippen molar-refractivity contribution in [2.45, 2.75) is 19.0 Å². The number of pyridine rings is 2. The predicted octanol–water partition coefficient (Wildman–Crippen LogP) is 4.48. The summed E-state index contributed by atoms with van der Waals surface area (Å²) in [5.41, 5.74) is 4.00. The highest BCUT2D eigenvalue weighted by molar-refractivity contribution is 7.80. The van der Waals surface area contributed by atoms with Crippen LogP contribution in [0.15, 0.2) is 79.3 Å². The molecule has 7 nitrogen and oxygen atoms in total. The summed E-state index contributed by atoms with van der Waals surface area (Å²) in [6, 6.07) is 19.8. The van der Waals surface area contributed by atoms with Crippen LogP contribution in [-0.2, 0) is 0 Å². The monoisotopic (exact) mass is 455 g/mol. The van der Waals surface area contributed by atoms with E-state index < -0.39 is 0 Å². The highest BCUT2D eigenvalue weighted by Gasteiger charge is 2.42. The molecule has 2 aliphatic rings. The summed E-state index contributed by atoms with van der Waals surface area (Å²) >= 11 is 5.85. The van der Waals surface area contributed by atoms with Gasteiger partial charge in [-0.3, -0.25) is 4.98 Å². The lowest BCUT2D eigenvalue weighted by Gasteiger charge is -2.29. The van der Waals surface area contributed by atoms with Crippen LogP contribution < -0.4 is 19.7 Å². The van der Waals surface area contributed by atoms with Gasteiger partial charge < -0.3 is 24.3 Å². The van der Waals surface area contributed by atoms with E-state index in [2.05, 4.69) is 36.9 Å². The molecule has 1 aromatic carbocycles. The van der Waals surface area contributed by atoms with Crippen LogP contribution in [0, 0.1) is 6.92 Å². The first kappa shape index (κ1) is 19.8. The van der Waals surface area contributed by atoms with Gasteiger partial charge in [0.1, 0.15) is 11.9 Å². The van der Waals surface area contributed by atoms with Crippen molar-refractivity contribution in [3.63, 3.8) is 0 Å². The number of aromatic nitrogens is 3. The van der Waals surface area contributed by atoms with Gasteiger partial charge in [0, 0.05) is 36.0 Å². The van der Waals surface area contributed by atoms with Crippen LogP contribution in [0.1, 0.15) is 29.0 Å². The number of nitrogens with one attached hydrogen (secondary N) is 1. The van der Waals surface area contributed by atoms with Gasteiger partial charge in [0.2, 0.25) is 6.79 Å². The molecule has 164 valence electrons. The Hall–Kier alpha value is -3.91. The Kier molecular flexibility index (Phi) is 4.73. The zero-order valence-electron chi connectivity index (χ0n) is 17.9. The fourth-order valence-electron chi connectivity index (χ4n) is 4.41. The van der Waals surface area contributed by atoms with E-state index in [1.165, 1.54) is 0 Å². The van der Waals surface area contributed by atoms with E-state index in [0.29, 0.717) is 10.9 Å². The molecule has 0 saturated carbocycles. The molecule has 0 radical (unpaired) electrons. The number of hydrogen-bond donors (Lipinski definition) is 1. The van der Waals surface area contributed by atoms with Crippen LogP contribution in [0.5, 0.6) is 11.5 Å². The van der Waals surface area contributed by atoms with Gasteiger partial charge in [-0.1, -0.05) is 12.1 Å².